The van der Waals surface area contributed by atoms with Crippen molar-refractivity contribution in [2.75, 3.05) is 13.2 Å². The van der Waals surface area contributed by atoms with Crippen LogP contribution >= 0.6 is 11.6 Å². The Morgan fingerprint density at radius 2 is 1.88 bits per heavy atom. The van der Waals surface area contributed by atoms with E-state index in [1.54, 1.807) is 36.0 Å². The zero-order valence-electron chi connectivity index (χ0n) is 15.9. The summed E-state index contributed by atoms with van der Waals surface area (Å²) in [4.78, 5) is 16.0. The van der Waals surface area contributed by atoms with Crippen LogP contribution in [0.15, 0.2) is 24.4 Å². The molecule has 2 aromatic heterocycles. The fourth-order valence-corrected chi connectivity index (χ4v) is 2.99. The second-order valence-corrected chi connectivity index (χ2v) is 7.15. The molecule has 0 atom stereocenters. The van der Waals surface area contributed by atoms with E-state index in [0.717, 1.165) is 0 Å². The molecule has 0 aliphatic carbocycles. The van der Waals surface area contributed by atoms with Crippen molar-refractivity contribution in [3.63, 3.8) is 0 Å². The van der Waals surface area contributed by atoms with Crippen molar-refractivity contribution in [3.05, 3.63) is 35.1 Å². The molecule has 26 heavy (non-hydrogen) atoms. The Morgan fingerprint density at radius 1 is 1.19 bits per heavy atom. The minimum Gasteiger partial charge on any atom is -0.476 e. The molecule has 0 aliphatic heterocycles. The standard InChI is InChI=1S/C19H26ClN3O3/c1-6-25-19(24)14-7-8-16(21-18(14)20)23-10-9-17(22-23)26-11-15(12(2)3)13(4)5/h7-10,12-13,15H,6,11H2,1-5H3. The molecular formula is C19H26ClN3O3. The van der Waals surface area contributed by atoms with E-state index in [0.29, 0.717) is 36.1 Å². The van der Waals surface area contributed by atoms with Gasteiger partial charge in [-0.05, 0) is 36.8 Å². The Bertz CT molecular complexity index is 735. The molecule has 0 bridgehead atoms. The molecule has 7 heteroatoms. The first kappa shape index (κ1) is 20.2. The molecule has 2 heterocycles. The van der Waals surface area contributed by atoms with Crippen molar-refractivity contribution >= 4 is 17.6 Å². The van der Waals surface area contributed by atoms with Gasteiger partial charge < -0.3 is 9.47 Å². The number of carbonyl (C=O) groups excluding carboxylic acids is 1. The molecule has 0 saturated carbocycles. The summed E-state index contributed by atoms with van der Waals surface area (Å²) < 4.78 is 12.4. The number of esters is 1. The number of hydrogen-bond donors (Lipinski definition) is 0. The van der Waals surface area contributed by atoms with E-state index in [2.05, 4.69) is 37.8 Å². The van der Waals surface area contributed by atoms with Crippen LogP contribution in [0.4, 0.5) is 0 Å². The Balaban J connectivity index is 2.09. The molecule has 0 aliphatic rings. The lowest BCUT2D eigenvalue weighted by atomic mass is 9.86. The molecule has 0 unspecified atom stereocenters. The summed E-state index contributed by atoms with van der Waals surface area (Å²) in [6.45, 7) is 11.4. The lowest BCUT2D eigenvalue weighted by molar-refractivity contribution is 0.0526. The third-order valence-electron chi connectivity index (χ3n) is 4.26. The summed E-state index contributed by atoms with van der Waals surface area (Å²) in [6.07, 6.45) is 1.75. The third kappa shape index (κ3) is 4.97. The number of aromatic nitrogens is 3. The Morgan fingerprint density at radius 3 is 2.46 bits per heavy atom. The predicted molar refractivity (Wildman–Crippen MR) is 101 cm³/mol. The smallest absolute Gasteiger partial charge is 0.341 e. The molecule has 6 nitrogen and oxygen atoms in total. The summed E-state index contributed by atoms with van der Waals surface area (Å²) in [6, 6.07) is 5.03. The largest absolute Gasteiger partial charge is 0.476 e. The number of hydrogen-bond acceptors (Lipinski definition) is 5. The third-order valence-corrected chi connectivity index (χ3v) is 4.55. The predicted octanol–water partition coefficient (Wildman–Crippen LogP) is 4.40. The highest BCUT2D eigenvalue weighted by molar-refractivity contribution is 6.32. The normalized spacial score (nSPS) is 11.4. The molecule has 0 amide bonds. The number of halogens is 1. The average molecular weight is 380 g/mol. The first-order chi connectivity index (χ1) is 12.3. The second-order valence-electron chi connectivity index (χ2n) is 6.79. The summed E-state index contributed by atoms with van der Waals surface area (Å²) in [5, 5.41) is 4.46. The van der Waals surface area contributed by atoms with Gasteiger partial charge in [-0.15, -0.1) is 5.10 Å². The molecule has 0 radical (unpaired) electrons. The molecule has 2 aromatic rings. The van der Waals surface area contributed by atoms with Crippen LogP contribution in [-0.2, 0) is 4.74 Å². The number of ether oxygens (including phenoxy) is 2. The summed E-state index contributed by atoms with van der Waals surface area (Å²) in [5.41, 5.74) is 0.234. The number of nitrogens with zero attached hydrogens (tertiary/aromatic N) is 3. The van der Waals surface area contributed by atoms with E-state index in [1.165, 1.54) is 0 Å². The molecule has 142 valence electrons. The zero-order chi connectivity index (χ0) is 19.3. The van der Waals surface area contributed by atoms with Crippen molar-refractivity contribution in [1.82, 2.24) is 14.8 Å². The van der Waals surface area contributed by atoms with E-state index in [-0.39, 0.29) is 17.3 Å². The first-order valence-corrected chi connectivity index (χ1v) is 9.23. The van der Waals surface area contributed by atoms with Gasteiger partial charge in [-0.1, -0.05) is 39.3 Å². The molecule has 0 N–H and O–H groups in total. The molecule has 0 spiro atoms. The molecular weight excluding hydrogens is 354 g/mol. The van der Waals surface area contributed by atoms with E-state index in [4.69, 9.17) is 21.1 Å². The van der Waals surface area contributed by atoms with Gasteiger partial charge in [0.1, 0.15) is 5.15 Å². The Labute approximate surface area is 159 Å². The SMILES string of the molecule is CCOC(=O)c1ccc(-n2ccc(OCC(C(C)C)C(C)C)n2)nc1Cl. The van der Waals surface area contributed by atoms with Crippen molar-refractivity contribution in [1.29, 1.82) is 0 Å². The highest BCUT2D eigenvalue weighted by atomic mass is 35.5. The molecule has 0 fully saturated rings. The fraction of sp³-hybridized carbons (Fsp3) is 0.526. The number of pyridine rings is 1. The monoisotopic (exact) mass is 379 g/mol. The molecule has 0 aromatic carbocycles. The number of carbonyl (C=O) groups is 1. The average Bonchev–Trinajstić information content (AvgIpc) is 3.03. The zero-order valence-corrected chi connectivity index (χ0v) is 16.7. The summed E-state index contributed by atoms with van der Waals surface area (Å²) in [5.74, 6) is 2.07. The van der Waals surface area contributed by atoms with E-state index >= 15 is 0 Å². The quantitative estimate of drug-likeness (QED) is 0.502. The second kappa shape index (κ2) is 9.03. The van der Waals surface area contributed by atoms with Crippen LogP contribution in [0.5, 0.6) is 5.88 Å². The van der Waals surface area contributed by atoms with E-state index < -0.39 is 5.97 Å². The molecule has 0 saturated heterocycles. The van der Waals surface area contributed by atoms with E-state index in [1.807, 2.05) is 0 Å². The van der Waals surface area contributed by atoms with Gasteiger partial charge in [-0.25, -0.2) is 14.5 Å². The first-order valence-electron chi connectivity index (χ1n) is 8.86. The highest BCUT2D eigenvalue weighted by Gasteiger charge is 2.19. The van der Waals surface area contributed by atoms with Gasteiger partial charge in [0.05, 0.1) is 18.8 Å². The Hall–Kier alpha value is -2.08. The van der Waals surface area contributed by atoms with Gasteiger partial charge in [0.2, 0.25) is 5.88 Å². The van der Waals surface area contributed by atoms with Crippen LogP contribution in [0.3, 0.4) is 0 Å². The minimum atomic E-state index is -0.491. The fourth-order valence-electron chi connectivity index (χ4n) is 2.76. The van der Waals surface area contributed by atoms with Crippen LogP contribution in [0.25, 0.3) is 5.82 Å². The minimum absolute atomic E-state index is 0.0820. The maximum Gasteiger partial charge on any atom is 0.341 e. The van der Waals surface area contributed by atoms with Gasteiger partial charge in [0.15, 0.2) is 5.82 Å². The lowest BCUT2D eigenvalue weighted by Crippen LogP contribution is -2.23. The van der Waals surface area contributed by atoms with Gasteiger partial charge >= 0.3 is 5.97 Å². The maximum absolute atomic E-state index is 11.8. The topological polar surface area (TPSA) is 66.2 Å². The summed E-state index contributed by atoms with van der Waals surface area (Å²) >= 11 is 6.10. The van der Waals surface area contributed by atoms with Crippen molar-refractivity contribution in [3.8, 4) is 11.7 Å². The van der Waals surface area contributed by atoms with Gasteiger partial charge in [0, 0.05) is 12.3 Å². The van der Waals surface area contributed by atoms with Crippen LogP contribution < -0.4 is 4.74 Å². The van der Waals surface area contributed by atoms with Gasteiger partial charge in [-0.2, -0.15) is 0 Å². The number of rotatable bonds is 8. The van der Waals surface area contributed by atoms with Crippen LogP contribution in [-0.4, -0.2) is 33.9 Å². The maximum atomic E-state index is 11.8. The van der Waals surface area contributed by atoms with Crippen LogP contribution in [0.2, 0.25) is 5.15 Å². The van der Waals surface area contributed by atoms with Crippen LogP contribution in [0, 0.1) is 17.8 Å². The van der Waals surface area contributed by atoms with Crippen molar-refractivity contribution in [2.45, 2.75) is 34.6 Å². The van der Waals surface area contributed by atoms with Gasteiger partial charge in [-0.3, -0.25) is 0 Å². The highest BCUT2D eigenvalue weighted by Crippen LogP contribution is 2.22. The Kier molecular flexibility index (Phi) is 7.03. The summed E-state index contributed by atoms with van der Waals surface area (Å²) in [7, 11) is 0. The van der Waals surface area contributed by atoms with Crippen LogP contribution in [0.1, 0.15) is 45.0 Å². The van der Waals surface area contributed by atoms with Crippen molar-refractivity contribution < 1.29 is 14.3 Å². The lowest BCUT2D eigenvalue weighted by Gasteiger charge is -2.24. The van der Waals surface area contributed by atoms with Gasteiger partial charge in [0.25, 0.3) is 0 Å². The molecule has 2 rings (SSSR count). The van der Waals surface area contributed by atoms with Crippen molar-refractivity contribution in [2.24, 2.45) is 17.8 Å². The van der Waals surface area contributed by atoms with E-state index in [9.17, 15) is 4.79 Å².